The van der Waals surface area contributed by atoms with Crippen LogP contribution < -0.4 is 5.32 Å². The van der Waals surface area contributed by atoms with E-state index in [4.69, 9.17) is 5.10 Å². The molecule has 0 saturated carbocycles. The Labute approximate surface area is 225 Å². The second-order valence-corrected chi connectivity index (χ2v) is 9.05. The maximum absolute atomic E-state index is 9.65. The number of para-hydroxylation sites is 1. The highest BCUT2D eigenvalue weighted by molar-refractivity contribution is 5.82. The van der Waals surface area contributed by atoms with Gasteiger partial charge in [0.2, 0.25) is 0 Å². The van der Waals surface area contributed by atoms with E-state index in [-0.39, 0.29) is 0 Å². The lowest BCUT2D eigenvalue weighted by Gasteiger charge is -2.09. The van der Waals surface area contributed by atoms with Crippen molar-refractivity contribution in [3.63, 3.8) is 0 Å². The third-order valence-corrected chi connectivity index (χ3v) is 6.36. The number of benzene rings is 3. The molecule has 0 aliphatic rings. The summed E-state index contributed by atoms with van der Waals surface area (Å²) in [6.07, 6.45) is 3.74. The summed E-state index contributed by atoms with van der Waals surface area (Å²) >= 11 is 0. The van der Waals surface area contributed by atoms with E-state index in [0.717, 1.165) is 51.1 Å². The summed E-state index contributed by atoms with van der Waals surface area (Å²) in [5.41, 5.74) is 6.83. The number of anilines is 2. The van der Waals surface area contributed by atoms with Crippen LogP contribution in [0.25, 0.3) is 33.8 Å². The number of rotatable bonds is 6. The van der Waals surface area contributed by atoms with E-state index >= 15 is 0 Å². The van der Waals surface area contributed by atoms with E-state index in [9.17, 15) is 5.26 Å². The van der Waals surface area contributed by atoms with Crippen molar-refractivity contribution in [2.45, 2.75) is 13.8 Å². The fraction of sp³-hybridized carbons (Fsp3) is 0.0645. The van der Waals surface area contributed by atoms with Crippen LogP contribution in [0.1, 0.15) is 17.2 Å². The van der Waals surface area contributed by atoms with E-state index in [1.807, 2.05) is 97.5 Å². The Bertz CT molecular complexity index is 1810. The molecule has 39 heavy (non-hydrogen) atoms. The molecule has 0 bridgehead atoms. The van der Waals surface area contributed by atoms with Gasteiger partial charge in [-0.25, -0.2) is 19.3 Å². The number of nitrogens with one attached hydrogen (secondary N) is 1. The molecule has 0 saturated heterocycles. The van der Waals surface area contributed by atoms with Crippen molar-refractivity contribution in [2.75, 3.05) is 5.32 Å². The molecule has 0 amide bonds. The first-order valence-electron chi connectivity index (χ1n) is 12.5. The zero-order valence-corrected chi connectivity index (χ0v) is 21.4. The molecule has 0 aliphatic heterocycles. The van der Waals surface area contributed by atoms with Gasteiger partial charge in [-0.15, -0.1) is 0 Å². The van der Waals surface area contributed by atoms with E-state index in [2.05, 4.69) is 38.6 Å². The molecule has 8 heteroatoms. The molecule has 0 spiro atoms. The largest absolute Gasteiger partial charge is 0.340 e. The van der Waals surface area contributed by atoms with E-state index in [0.29, 0.717) is 11.4 Å². The van der Waals surface area contributed by atoms with Gasteiger partial charge in [0.1, 0.15) is 29.2 Å². The zero-order valence-electron chi connectivity index (χ0n) is 21.4. The molecule has 1 N–H and O–H groups in total. The van der Waals surface area contributed by atoms with Gasteiger partial charge in [0.25, 0.3) is 0 Å². The van der Waals surface area contributed by atoms with Crippen molar-refractivity contribution >= 4 is 11.5 Å². The van der Waals surface area contributed by atoms with Crippen LogP contribution in [-0.2, 0) is 0 Å². The lowest BCUT2D eigenvalue weighted by atomic mass is 10.0. The Morgan fingerprint density at radius 2 is 1.59 bits per heavy atom. The highest BCUT2D eigenvalue weighted by Gasteiger charge is 2.16. The smallest absolute Gasteiger partial charge is 0.148 e. The highest BCUT2D eigenvalue weighted by Crippen LogP contribution is 2.33. The predicted octanol–water partition coefficient (Wildman–Crippen LogP) is 6.41. The van der Waals surface area contributed by atoms with Crippen molar-refractivity contribution in [1.82, 2.24) is 29.5 Å². The lowest BCUT2D eigenvalue weighted by Crippen LogP contribution is -2.00. The summed E-state index contributed by atoms with van der Waals surface area (Å²) in [7, 11) is 0. The van der Waals surface area contributed by atoms with E-state index < -0.39 is 0 Å². The normalized spacial score (nSPS) is 10.8. The molecular weight excluding hydrogens is 484 g/mol. The van der Waals surface area contributed by atoms with Crippen LogP contribution in [0.2, 0.25) is 0 Å². The summed E-state index contributed by atoms with van der Waals surface area (Å²) in [4.78, 5) is 8.92. The van der Waals surface area contributed by atoms with Crippen molar-refractivity contribution in [1.29, 1.82) is 5.26 Å². The van der Waals surface area contributed by atoms with Crippen molar-refractivity contribution in [2.24, 2.45) is 0 Å². The highest BCUT2D eigenvalue weighted by atomic mass is 15.3. The molecule has 3 aromatic heterocycles. The van der Waals surface area contributed by atoms with Gasteiger partial charge in [-0.1, -0.05) is 42.5 Å². The molecule has 0 aliphatic carbocycles. The first-order chi connectivity index (χ1) is 19.1. The first kappa shape index (κ1) is 23.8. The standard InChI is InChI=1S/C31H24N8/c1-21-34-22(2)39(36-21)27-14-12-26(13-15-27)35-30-18-24(16-17-33-30)31-28(23-8-4-3-5-9-23)20-38(37-31)29-11-7-6-10-25(29)19-32/h3-18,20H,1-2H3,(H,33,35). The van der Waals surface area contributed by atoms with Crippen LogP contribution in [0.4, 0.5) is 11.5 Å². The van der Waals surface area contributed by atoms with Crippen molar-refractivity contribution < 1.29 is 0 Å². The summed E-state index contributed by atoms with van der Waals surface area (Å²) in [5, 5.41) is 22.4. The quantitative estimate of drug-likeness (QED) is 0.279. The maximum Gasteiger partial charge on any atom is 0.148 e. The Morgan fingerprint density at radius 3 is 2.33 bits per heavy atom. The Hall–Kier alpha value is -5.55. The van der Waals surface area contributed by atoms with Gasteiger partial charge < -0.3 is 5.32 Å². The number of pyridine rings is 1. The third kappa shape index (κ3) is 4.77. The molecule has 0 radical (unpaired) electrons. The minimum Gasteiger partial charge on any atom is -0.340 e. The van der Waals surface area contributed by atoms with Crippen LogP contribution in [0.15, 0.2) is 103 Å². The summed E-state index contributed by atoms with van der Waals surface area (Å²) < 4.78 is 3.60. The van der Waals surface area contributed by atoms with E-state index in [1.165, 1.54) is 0 Å². The molecule has 188 valence electrons. The van der Waals surface area contributed by atoms with Crippen LogP contribution >= 0.6 is 0 Å². The second kappa shape index (κ2) is 10.1. The molecule has 8 nitrogen and oxygen atoms in total. The predicted molar refractivity (Wildman–Crippen MR) is 151 cm³/mol. The topological polar surface area (TPSA) is 97.2 Å². The minimum absolute atomic E-state index is 0.558. The number of aryl methyl sites for hydroxylation is 2. The average Bonchev–Trinajstić information content (AvgIpc) is 3.57. The zero-order chi connectivity index (χ0) is 26.8. The van der Waals surface area contributed by atoms with Gasteiger partial charge in [-0.05, 0) is 67.9 Å². The first-order valence-corrected chi connectivity index (χ1v) is 12.5. The van der Waals surface area contributed by atoms with Crippen LogP contribution in [0.3, 0.4) is 0 Å². The van der Waals surface area contributed by atoms with Gasteiger partial charge in [0, 0.05) is 29.2 Å². The van der Waals surface area contributed by atoms with Crippen LogP contribution in [0.5, 0.6) is 0 Å². The van der Waals surface area contributed by atoms with E-state index in [1.54, 1.807) is 16.9 Å². The molecular formula is C31H24N8. The fourth-order valence-corrected chi connectivity index (χ4v) is 4.55. The molecule has 3 heterocycles. The monoisotopic (exact) mass is 508 g/mol. The number of aromatic nitrogens is 6. The number of nitriles is 1. The van der Waals surface area contributed by atoms with Crippen molar-refractivity contribution in [3.8, 4) is 39.8 Å². The number of hydrogen-bond donors (Lipinski definition) is 1. The third-order valence-electron chi connectivity index (χ3n) is 6.36. The second-order valence-electron chi connectivity index (χ2n) is 9.05. The van der Waals surface area contributed by atoms with Gasteiger partial charge in [0.05, 0.1) is 16.9 Å². The Balaban J connectivity index is 1.35. The average molecular weight is 509 g/mol. The molecule has 6 rings (SSSR count). The molecule has 3 aromatic carbocycles. The SMILES string of the molecule is Cc1nc(C)n(-c2ccc(Nc3cc(-c4nn(-c5ccccc5C#N)cc4-c4ccccc4)ccn3)cc2)n1. The van der Waals surface area contributed by atoms with Gasteiger partial charge >= 0.3 is 0 Å². The molecule has 0 atom stereocenters. The molecule has 6 aromatic rings. The summed E-state index contributed by atoms with van der Waals surface area (Å²) in [6.45, 7) is 3.82. The minimum atomic E-state index is 0.558. The number of nitrogens with zero attached hydrogens (tertiary/aromatic N) is 7. The Morgan fingerprint density at radius 1 is 0.821 bits per heavy atom. The molecule has 0 fully saturated rings. The van der Waals surface area contributed by atoms with Gasteiger partial charge in [-0.3, -0.25) is 0 Å². The van der Waals surface area contributed by atoms with Gasteiger partial charge in [0.15, 0.2) is 0 Å². The van der Waals surface area contributed by atoms with Crippen LogP contribution in [0, 0.1) is 25.2 Å². The summed E-state index contributed by atoms with van der Waals surface area (Å²) in [6, 6.07) is 31.7. The van der Waals surface area contributed by atoms with Gasteiger partial charge in [-0.2, -0.15) is 15.5 Å². The fourth-order valence-electron chi connectivity index (χ4n) is 4.55. The lowest BCUT2D eigenvalue weighted by molar-refractivity contribution is 0.831. The molecule has 0 unspecified atom stereocenters. The van der Waals surface area contributed by atoms with Crippen LogP contribution in [-0.4, -0.2) is 29.5 Å². The Kier molecular flexibility index (Phi) is 6.15. The number of hydrogen-bond acceptors (Lipinski definition) is 6. The van der Waals surface area contributed by atoms with Crippen molar-refractivity contribution in [3.05, 3.63) is 121 Å². The maximum atomic E-state index is 9.65. The summed E-state index contributed by atoms with van der Waals surface area (Å²) in [5.74, 6) is 2.27.